The molecule has 0 unspecified atom stereocenters. The Morgan fingerprint density at radius 3 is 2.88 bits per heavy atom. The van der Waals surface area contributed by atoms with Crippen LogP contribution in [-0.2, 0) is 0 Å². The first-order chi connectivity index (χ1) is 7.74. The first-order valence-corrected chi connectivity index (χ1v) is 6.78. The Kier molecular flexibility index (Phi) is 3.91. The van der Waals surface area contributed by atoms with E-state index in [4.69, 9.17) is 11.6 Å². The molecule has 90 valence electrons. The summed E-state index contributed by atoms with van der Waals surface area (Å²) >= 11 is 6.01. The van der Waals surface area contributed by atoms with Crippen LogP contribution in [0.25, 0.3) is 0 Å². The van der Waals surface area contributed by atoms with Gasteiger partial charge in [0.25, 0.3) is 0 Å². The Morgan fingerprint density at radius 2 is 2.19 bits per heavy atom. The molecule has 0 radical (unpaired) electrons. The van der Waals surface area contributed by atoms with E-state index in [9.17, 15) is 0 Å². The maximum atomic E-state index is 6.01. The third-order valence-corrected chi connectivity index (χ3v) is 4.09. The van der Waals surface area contributed by atoms with Gasteiger partial charge in [0.1, 0.15) is 5.17 Å². The van der Waals surface area contributed by atoms with Crippen LogP contribution in [0.4, 0.5) is 0 Å². The van der Waals surface area contributed by atoms with E-state index in [1.165, 1.54) is 18.5 Å². The number of rotatable bonds is 3. The van der Waals surface area contributed by atoms with Gasteiger partial charge in [0.2, 0.25) is 0 Å². The summed E-state index contributed by atoms with van der Waals surface area (Å²) in [5, 5.41) is 0.834. The molecule has 3 heteroatoms. The van der Waals surface area contributed by atoms with Crippen LogP contribution < -0.4 is 0 Å². The number of allylic oxidation sites excluding steroid dienone is 1. The number of halogens is 1. The Morgan fingerprint density at radius 1 is 1.44 bits per heavy atom. The predicted octanol–water partition coefficient (Wildman–Crippen LogP) is 3.42. The first kappa shape index (κ1) is 12.0. The zero-order chi connectivity index (χ0) is 11.5. The standard InChI is InChI=1S/C13H21ClN2/c1-3-16(4-2)11-6-7-12-10(9-11)5-8-13(14)15-12/h6,10,12H,3-5,7-9H2,1-2H3/t10-,12+/m1/s1. The Hall–Kier alpha value is -0.500. The molecular formula is C13H21ClN2. The summed E-state index contributed by atoms with van der Waals surface area (Å²) in [5.74, 6) is 0.725. The van der Waals surface area contributed by atoms with Gasteiger partial charge in [-0.1, -0.05) is 17.7 Å². The van der Waals surface area contributed by atoms with Gasteiger partial charge in [-0.15, -0.1) is 0 Å². The molecule has 0 aromatic carbocycles. The summed E-state index contributed by atoms with van der Waals surface area (Å²) in [6, 6.07) is 0.459. The van der Waals surface area contributed by atoms with E-state index in [0.717, 1.165) is 37.0 Å². The van der Waals surface area contributed by atoms with Crippen molar-refractivity contribution in [3.05, 3.63) is 11.8 Å². The fourth-order valence-corrected chi connectivity index (χ4v) is 3.06. The van der Waals surface area contributed by atoms with Crippen molar-refractivity contribution < 1.29 is 0 Å². The molecule has 0 aromatic rings. The molecule has 2 nitrogen and oxygen atoms in total. The molecule has 1 aliphatic carbocycles. The zero-order valence-corrected chi connectivity index (χ0v) is 11.0. The van der Waals surface area contributed by atoms with Crippen LogP contribution in [0.1, 0.15) is 39.5 Å². The Balaban J connectivity index is 2.07. The molecule has 2 rings (SSSR count). The molecule has 1 aliphatic heterocycles. The number of hydrogen-bond acceptors (Lipinski definition) is 2. The SMILES string of the molecule is CCN(CC)C1=CC[C@@H]2N=C(Cl)CC[C@@H]2C1. The van der Waals surface area contributed by atoms with E-state index >= 15 is 0 Å². The highest BCUT2D eigenvalue weighted by Crippen LogP contribution is 2.35. The van der Waals surface area contributed by atoms with Crippen molar-refractivity contribution in [2.75, 3.05) is 13.1 Å². The third-order valence-electron chi connectivity index (χ3n) is 3.81. The minimum Gasteiger partial charge on any atom is -0.376 e. The van der Waals surface area contributed by atoms with Gasteiger partial charge in [-0.05, 0) is 39.0 Å². The zero-order valence-electron chi connectivity index (χ0n) is 10.2. The molecule has 0 bridgehead atoms. The maximum Gasteiger partial charge on any atom is 0.101 e. The topological polar surface area (TPSA) is 15.6 Å². The van der Waals surface area contributed by atoms with Crippen LogP contribution in [0.15, 0.2) is 16.8 Å². The van der Waals surface area contributed by atoms with Crippen LogP contribution in [0.3, 0.4) is 0 Å². The molecular weight excluding hydrogens is 220 g/mol. The summed E-state index contributed by atoms with van der Waals surface area (Å²) < 4.78 is 0. The van der Waals surface area contributed by atoms with Gasteiger partial charge >= 0.3 is 0 Å². The Labute approximate surface area is 103 Å². The van der Waals surface area contributed by atoms with Gasteiger partial charge < -0.3 is 4.90 Å². The van der Waals surface area contributed by atoms with Gasteiger partial charge in [-0.3, -0.25) is 4.99 Å². The molecule has 0 amide bonds. The lowest BCUT2D eigenvalue weighted by atomic mass is 9.82. The van der Waals surface area contributed by atoms with Crippen LogP contribution in [-0.4, -0.2) is 29.2 Å². The van der Waals surface area contributed by atoms with Crippen LogP contribution >= 0.6 is 11.6 Å². The van der Waals surface area contributed by atoms with Crippen molar-refractivity contribution in [2.24, 2.45) is 10.9 Å². The van der Waals surface area contributed by atoms with Crippen molar-refractivity contribution in [1.82, 2.24) is 4.90 Å². The highest BCUT2D eigenvalue weighted by molar-refractivity contribution is 6.65. The molecule has 16 heavy (non-hydrogen) atoms. The lowest BCUT2D eigenvalue weighted by Crippen LogP contribution is -2.32. The van der Waals surface area contributed by atoms with Crippen molar-refractivity contribution in [2.45, 2.75) is 45.6 Å². The average Bonchev–Trinajstić information content (AvgIpc) is 2.31. The van der Waals surface area contributed by atoms with Crippen LogP contribution in [0, 0.1) is 5.92 Å². The van der Waals surface area contributed by atoms with Crippen molar-refractivity contribution in [3.8, 4) is 0 Å². The van der Waals surface area contributed by atoms with Crippen molar-refractivity contribution >= 4 is 16.8 Å². The summed E-state index contributed by atoms with van der Waals surface area (Å²) in [6.45, 7) is 6.69. The minimum absolute atomic E-state index is 0.459. The summed E-state index contributed by atoms with van der Waals surface area (Å²) in [7, 11) is 0. The fraction of sp³-hybridized carbons (Fsp3) is 0.769. The highest BCUT2D eigenvalue weighted by atomic mass is 35.5. The van der Waals surface area contributed by atoms with E-state index in [2.05, 4.69) is 29.8 Å². The normalized spacial score (nSPS) is 29.2. The summed E-state index contributed by atoms with van der Waals surface area (Å²) in [6.07, 6.45) is 6.83. The molecule has 2 aliphatic rings. The van der Waals surface area contributed by atoms with Gasteiger partial charge in [-0.2, -0.15) is 0 Å². The largest absolute Gasteiger partial charge is 0.376 e. The van der Waals surface area contributed by atoms with E-state index in [1.807, 2.05) is 0 Å². The number of nitrogens with zero attached hydrogens (tertiary/aromatic N) is 2. The molecule has 0 aromatic heterocycles. The van der Waals surface area contributed by atoms with Gasteiger partial charge in [0, 0.05) is 25.2 Å². The van der Waals surface area contributed by atoms with Gasteiger partial charge in [0.05, 0.1) is 6.04 Å². The van der Waals surface area contributed by atoms with E-state index in [-0.39, 0.29) is 0 Å². The average molecular weight is 241 g/mol. The minimum atomic E-state index is 0.459. The molecule has 1 heterocycles. The predicted molar refractivity (Wildman–Crippen MR) is 70.0 cm³/mol. The molecule has 0 spiro atoms. The number of aliphatic imine (C=N–C) groups is 1. The summed E-state index contributed by atoms with van der Waals surface area (Å²) in [5.41, 5.74) is 1.53. The molecule has 0 saturated heterocycles. The van der Waals surface area contributed by atoms with E-state index in [0.29, 0.717) is 6.04 Å². The fourth-order valence-electron chi connectivity index (χ4n) is 2.83. The van der Waals surface area contributed by atoms with Crippen LogP contribution in [0.5, 0.6) is 0 Å². The molecule has 2 atom stereocenters. The summed E-state index contributed by atoms with van der Waals surface area (Å²) in [4.78, 5) is 7.04. The Bertz CT molecular complexity index is 305. The second kappa shape index (κ2) is 5.22. The monoisotopic (exact) mass is 240 g/mol. The maximum absolute atomic E-state index is 6.01. The third kappa shape index (κ3) is 2.42. The van der Waals surface area contributed by atoms with Crippen molar-refractivity contribution in [3.63, 3.8) is 0 Å². The molecule has 0 N–H and O–H groups in total. The van der Waals surface area contributed by atoms with Gasteiger partial charge in [-0.25, -0.2) is 0 Å². The molecule has 0 fully saturated rings. The second-order valence-corrected chi connectivity index (χ2v) is 5.12. The lowest BCUT2D eigenvalue weighted by Gasteiger charge is -2.36. The lowest BCUT2D eigenvalue weighted by molar-refractivity contribution is 0.291. The van der Waals surface area contributed by atoms with Crippen LogP contribution in [0.2, 0.25) is 0 Å². The first-order valence-electron chi connectivity index (χ1n) is 6.40. The smallest absolute Gasteiger partial charge is 0.101 e. The van der Waals surface area contributed by atoms with E-state index < -0.39 is 0 Å². The molecule has 0 saturated carbocycles. The quantitative estimate of drug-likeness (QED) is 0.738. The highest BCUT2D eigenvalue weighted by Gasteiger charge is 2.29. The van der Waals surface area contributed by atoms with Gasteiger partial charge in [0.15, 0.2) is 0 Å². The van der Waals surface area contributed by atoms with Crippen molar-refractivity contribution in [1.29, 1.82) is 0 Å². The second-order valence-electron chi connectivity index (χ2n) is 4.68. The number of hydrogen-bond donors (Lipinski definition) is 0. The van der Waals surface area contributed by atoms with E-state index in [1.54, 1.807) is 0 Å². The number of fused-ring (bicyclic) bond motifs is 1.